The lowest BCUT2D eigenvalue weighted by molar-refractivity contribution is -0.163. The smallest absolute Gasteiger partial charge is 0.320 e. The first-order chi connectivity index (χ1) is 9.87. The van der Waals surface area contributed by atoms with E-state index in [4.69, 9.17) is 9.47 Å². The van der Waals surface area contributed by atoms with Gasteiger partial charge in [-0.15, -0.1) is 0 Å². The fourth-order valence-electron chi connectivity index (χ4n) is 2.12. The summed E-state index contributed by atoms with van der Waals surface area (Å²) < 4.78 is 10.5. The highest BCUT2D eigenvalue weighted by molar-refractivity contribution is 5.73. The predicted molar refractivity (Wildman–Crippen MR) is 80.8 cm³/mol. The van der Waals surface area contributed by atoms with Gasteiger partial charge in [-0.05, 0) is 41.5 Å². The van der Waals surface area contributed by atoms with E-state index in [9.17, 15) is 14.7 Å². The van der Waals surface area contributed by atoms with Gasteiger partial charge in [0.05, 0.1) is 0 Å². The molecule has 0 aromatic heterocycles. The van der Waals surface area contributed by atoms with Crippen LogP contribution in [-0.2, 0) is 19.1 Å². The molecule has 0 aliphatic carbocycles. The number of aliphatic hydroxyl groups is 1. The van der Waals surface area contributed by atoms with Crippen molar-refractivity contribution < 1.29 is 24.2 Å². The Morgan fingerprint density at radius 3 is 1.50 bits per heavy atom. The lowest BCUT2D eigenvalue weighted by atomic mass is 10.2. The molecule has 128 valence electrons. The number of hydrogen-bond donors (Lipinski definition) is 1. The van der Waals surface area contributed by atoms with E-state index in [1.807, 2.05) is 0 Å². The van der Waals surface area contributed by atoms with Crippen molar-refractivity contribution in [2.45, 2.75) is 59.1 Å². The van der Waals surface area contributed by atoms with E-state index in [0.29, 0.717) is 13.1 Å². The van der Waals surface area contributed by atoms with Crippen LogP contribution >= 0.6 is 0 Å². The van der Waals surface area contributed by atoms with Crippen LogP contribution in [0.3, 0.4) is 0 Å². The molecule has 7 heteroatoms. The lowest BCUT2D eigenvalue weighted by Crippen LogP contribution is -2.44. The first-order valence-electron chi connectivity index (χ1n) is 7.47. The summed E-state index contributed by atoms with van der Waals surface area (Å²) in [5, 5.41) is 10.2. The molecule has 1 aliphatic heterocycles. The second-order valence-corrected chi connectivity index (χ2v) is 7.46. The van der Waals surface area contributed by atoms with Gasteiger partial charge in [0.15, 0.2) is 6.35 Å². The third kappa shape index (κ3) is 6.72. The minimum absolute atomic E-state index is 0.0107. The van der Waals surface area contributed by atoms with E-state index in [-0.39, 0.29) is 13.1 Å². The molecule has 0 unspecified atom stereocenters. The van der Waals surface area contributed by atoms with Crippen LogP contribution in [0.25, 0.3) is 0 Å². The molecule has 0 aromatic rings. The highest BCUT2D eigenvalue weighted by Gasteiger charge is 2.34. The number of carbonyl (C=O) groups is 2. The van der Waals surface area contributed by atoms with Gasteiger partial charge in [0.2, 0.25) is 0 Å². The van der Waals surface area contributed by atoms with Crippen LogP contribution in [0.4, 0.5) is 0 Å². The standard InChI is InChI=1S/C15H28N2O5/c1-14(2,3)21-11(18)9-16-7-8-17(13(16)20)10-12(19)22-15(4,5)6/h13,20H,7-10H2,1-6H3. The van der Waals surface area contributed by atoms with Crippen molar-refractivity contribution >= 4 is 11.9 Å². The van der Waals surface area contributed by atoms with Crippen molar-refractivity contribution in [3.63, 3.8) is 0 Å². The fraction of sp³-hybridized carbons (Fsp3) is 0.867. The molecule has 1 heterocycles. The van der Waals surface area contributed by atoms with Crippen molar-refractivity contribution in [1.82, 2.24) is 9.80 Å². The Kier molecular flexibility index (Phi) is 5.95. The molecule has 0 amide bonds. The molecule has 0 saturated carbocycles. The molecule has 0 bridgehead atoms. The summed E-state index contributed by atoms with van der Waals surface area (Å²) in [5.41, 5.74) is -1.12. The van der Waals surface area contributed by atoms with Gasteiger partial charge >= 0.3 is 11.9 Å². The van der Waals surface area contributed by atoms with E-state index in [1.54, 1.807) is 51.3 Å². The van der Waals surface area contributed by atoms with E-state index in [2.05, 4.69) is 0 Å². The summed E-state index contributed by atoms with van der Waals surface area (Å²) in [7, 11) is 0. The fourth-order valence-corrected chi connectivity index (χ4v) is 2.12. The third-order valence-electron chi connectivity index (χ3n) is 2.83. The molecular weight excluding hydrogens is 288 g/mol. The average Bonchev–Trinajstić information content (AvgIpc) is 2.56. The van der Waals surface area contributed by atoms with Gasteiger partial charge in [-0.25, -0.2) is 0 Å². The van der Waals surface area contributed by atoms with Gasteiger partial charge in [0.25, 0.3) is 0 Å². The first kappa shape index (κ1) is 18.9. The number of rotatable bonds is 4. The summed E-state index contributed by atoms with van der Waals surface area (Å²) in [6, 6.07) is 0. The maximum Gasteiger partial charge on any atom is 0.320 e. The zero-order valence-electron chi connectivity index (χ0n) is 14.4. The Labute approximate surface area is 132 Å². The Hall–Kier alpha value is -1.18. The van der Waals surface area contributed by atoms with Gasteiger partial charge in [-0.1, -0.05) is 0 Å². The predicted octanol–water partition coefficient (Wildman–Crippen LogP) is 0.563. The van der Waals surface area contributed by atoms with Crippen molar-refractivity contribution in [3.05, 3.63) is 0 Å². The zero-order chi connectivity index (χ0) is 17.1. The maximum atomic E-state index is 11.8. The quantitative estimate of drug-likeness (QED) is 0.759. The van der Waals surface area contributed by atoms with Crippen LogP contribution in [0.15, 0.2) is 0 Å². The normalized spacial score (nSPS) is 18.5. The minimum Gasteiger partial charge on any atom is -0.459 e. The SMILES string of the molecule is CC(C)(C)OC(=O)CN1CCN(CC(=O)OC(C)(C)C)C1O. The minimum atomic E-state index is -0.986. The summed E-state index contributed by atoms with van der Waals surface area (Å²) >= 11 is 0. The topological polar surface area (TPSA) is 79.3 Å². The molecule has 0 spiro atoms. The van der Waals surface area contributed by atoms with E-state index >= 15 is 0 Å². The molecule has 7 nitrogen and oxygen atoms in total. The van der Waals surface area contributed by atoms with Gasteiger partial charge < -0.3 is 14.6 Å². The molecule has 1 fully saturated rings. The highest BCUT2D eigenvalue weighted by atomic mass is 16.6. The Bertz CT molecular complexity index is 373. The highest BCUT2D eigenvalue weighted by Crippen LogP contribution is 2.15. The summed E-state index contributed by atoms with van der Waals surface area (Å²) in [6.07, 6.45) is -0.986. The molecule has 22 heavy (non-hydrogen) atoms. The lowest BCUT2D eigenvalue weighted by Gasteiger charge is -2.27. The largest absolute Gasteiger partial charge is 0.459 e. The summed E-state index contributed by atoms with van der Waals surface area (Å²) in [5.74, 6) is -0.795. The van der Waals surface area contributed by atoms with Gasteiger partial charge in [-0.2, -0.15) is 0 Å². The average molecular weight is 316 g/mol. The Morgan fingerprint density at radius 2 is 1.23 bits per heavy atom. The Balaban J connectivity index is 2.47. The molecule has 0 radical (unpaired) electrons. The summed E-state index contributed by atoms with van der Waals surface area (Å²) in [6.45, 7) is 11.7. The number of aliphatic hydroxyl groups excluding tert-OH is 1. The number of ether oxygens (including phenoxy) is 2. The molecule has 1 rings (SSSR count). The second kappa shape index (κ2) is 6.93. The van der Waals surface area contributed by atoms with Crippen LogP contribution in [0.2, 0.25) is 0 Å². The van der Waals surface area contributed by atoms with Gasteiger partial charge in [0.1, 0.15) is 24.3 Å². The third-order valence-corrected chi connectivity index (χ3v) is 2.83. The van der Waals surface area contributed by atoms with E-state index in [0.717, 1.165) is 0 Å². The molecule has 1 N–H and O–H groups in total. The first-order valence-corrected chi connectivity index (χ1v) is 7.47. The van der Waals surface area contributed by atoms with E-state index < -0.39 is 29.5 Å². The number of esters is 2. The van der Waals surface area contributed by atoms with Crippen LogP contribution in [0, 0.1) is 0 Å². The molecular formula is C15H28N2O5. The zero-order valence-corrected chi connectivity index (χ0v) is 14.4. The van der Waals surface area contributed by atoms with Crippen LogP contribution < -0.4 is 0 Å². The monoisotopic (exact) mass is 316 g/mol. The second-order valence-electron chi connectivity index (χ2n) is 7.46. The van der Waals surface area contributed by atoms with Crippen LogP contribution in [-0.4, -0.2) is 70.6 Å². The maximum absolute atomic E-state index is 11.8. The van der Waals surface area contributed by atoms with Crippen molar-refractivity contribution in [3.8, 4) is 0 Å². The van der Waals surface area contributed by atoms with Crippen molar-refractivity contribution in [1.29, 1.82) is 0 Å². The van der Waals surface area contributed by atoms with Crippen molar-refractivity contribution in [2.75, 3.05) is 26.2 Å². The van der Waals surface area contributed by atoms with E-state index in [1.165, 1.54) is 0 Å². The Morgan fingerprint density at radius 1 is 0.909 bits per heavy atom. The van der Waals surface area contributed by atoms with Crippen LogP contribution in [0.5, 0.6) is 0 Å². The van der Waals surface area contributed by atoms with Crippen molar-refractivity contribution in [2.24, 2.45) is 0 Å². The molecule has 0 atom stereocenters. The molecule has 0 aromatic carbocycles. The summed E-state index contributed by atoms with van der Waals surface area (Å²) in [4.78, 5) is 26.7. The van der Waals surface area contributed by atoms with Gasteiger partial charge in [-0.3, -0.25) is 19.4 Å². The molecule has 1 aliphatic rings. The number of nitrogens with zero attached hydrogens (tertiary/aromatic N) is 2. The number of carbonyl (C=O) groups excluding carboxylic acids is 2. The van der Waals surface area contributed by atoms with Gasteiger partial charge in [0, 0.05) is 13.1 Å². The number of hydrogen-bond acceptors (Lipinski definition) is 7. The molecule has 1 saturated heterocycles. The van der Waals surface area contributed by atoms with Crippen LogP contribution in [0.1, 0.15) is 41.5 Å².